The Morgan fingerprint density at radius 2 is 1.97 bits per heavy atom. The molecule has 0 radical (unpaired) electrons. The van der Waals surface area contributed by atoms with Gasteiger partial charge >= 0.3 is 0 Å². The van der Waals surface area contributed by atoms with E-state index in [1.807, 2.05) is 6.07 Å². The second kappa shape index (κ2) is 8.87. The summed E-state index contributed by atoms with van der Waals surface area (Å²) in [5.74, 6) is 1.75. The van der Waals surface area contributed by atoms with Gasteiger partial charge in [0.05, 0.1) is 19.8 Å². The Labute approximate surface area is 173 Å². The highest BCUT2D eigenvalue weighted by Crippen LogP contribution is 2.33. The summed E-state index contributed by atoms with van der Waals surface area (Å²) in [6, 6.07) is 12.8. The summed E-state index contributed by atoms with van der Waals surface area (Å²) in [7, 11) is 0. The van der Waals surface area contributed by atoms with E-state index < -0.39 is 0 Å². The third-order valence-electron chi connectivity index (χ3n) is 6.05. The van der Waals surface area contributed by atoms with Crippen LogP contribution in [0.4, 0.5) is 5.69 Å². The van der Waals surface area contributed by atoms with Crippen LogP contribution < -0.4 is 19.7 Å². The molecule has 2 heterocycles. The lowest BCUT2D eigenvalue weighted by molar-refractivity contribution is -0.910. The number of nitrogens with one attached hydrogen (secondary N) is 2. The minimum absolute atomic E-state index is 0.0882. The van der Waals surface area contributed by atoms with E-state index in [1.54, 1.807) is 0 Å². The highest BCUT2D eigenvalue weighted by Gasteiger charge is 2.32. The predicted molar refractivity (Wildman–Crippen MR) is 114 cm³/mol. The van der Waals surface area contributed by atoms with Crippen LogP contribution in [0.1, 0.15) is 48.9 Å². The fourth-order valence-corrected chi connectivity index (χ4v) is 4.51. The molecule has 0 saturated carbocycles. The summed E-state index contributed by atoms with van der Waals surface area (Å²) in [5.41, 5.74) is 4.52. The number of aryl methyl sites for hydroxylation is 2. The molecule has 1 fully saturated rings. The number of likely N-dealkylation sites (tertiary alicyclic amines) is 1. The molecule has 0 aliphatic carbocycles. The van der Waals surface area contributed by atoms with E-state index >= 15 is 0 Å². The number of hydrogen-bond acceptors (Lipinski definition) is 3. The van der Waals surface area contributed by atoms with Crippen molar-refractivity contribution in [2.45, 2.75) is 45.6 Å². The van der Waals surface area contributed by atoms with Crippen LogP contribution >= 0.6 is 0 Å². The van der Waals surface area contributed by atoms with Gasteiger partial charge in [-0.2, -0.15) is 0 Å². The summed E-state index contributed by atoms with van der Waals surface area (Å²) in [5, 5.41) is 3.18. The van der Waals surface area contributed by atoms with Gasteiger partial charge in [-0.25, -0.2) is 0 Å². The average Bonchev–Trinajstić information content (AvgIpc) is 3.04. The fourth-order valence-electron chi connectivity index (χ4n) is 4.51. The first-order valence-corrected chi connectivity index (χ1v) is 10.8. The van der Waals surface area contributed by atoms with Gasteiger partial charge in [0.15, 0.2) is 18.0 Å². The van der Waals surface area contributed by atoms with E-state index in [0.717, 1.165) is 55.0 Å². The number of hydrogen-bond donors (Lipinski definition) is 2. The summed E-state index contributed by atoms with van der Waals surface area (Å²) in [6.07, 6.45) is 4.04. The minimum atomic E-state index is 0.0882. The largest absolute Gasteiger partial charge is 0.490 e. The highest BCUT2D eigenvalue weighted by atomic mass is 16.5. The van der Waals surface area contributed by atoms with Crippen molar-refractivity contribution in [3.8, 4) is 11.5 Å². The van der Waals surface area contributed by atoms with Gasteiger partial charge in [0.2, 0.25) is 0 Å². The molecule has 2 aromatic carbocycles. The number of amides is 1. The van der Waals surface area contributed by atoms with Crippen molar-refractivity contribution in [2.75, 3.05) is 31.6 Å². The maximum atomic E-state index is 12.9. The maximum absolute atomic E-state index is 12.9. The lowest BCUT2D eigenvalue weighted by Crippen LogP contribution is -3.11. The summed E-state index contributed by atoms with van der Waals surface area (Å²) >= 11 is 0. The molecule has 0 bridgehead atoms. The molecule has 5 nitrogen and oxygen atoms in total. The normalized spacial score (nSPS) is 20.9. The van der Waals surface area contributed by atoms with Crippen molar-refractivity contribution in [1.82, 2.24) is 0 Å². The third-order valence-corrected chi connectivity index (χ3v) is 6.05. The van der Waals surface area contributed by atoms with Gasteiger partial charge in [0, 0.05) is 30.5 Å². The molecule has 2 atom stereocenters. The van der Waals surface area contributed by atoms with Crippen molar-refractivity contribution in [3.63, 3.8) is 0 Å². The molecule has 1 amide bonds. The molecule has 29 heavy (non-hydrogen) atoms. The molecule has 5 heteroatoms. The number of benzene rings is 2. The Morgan fingerprint density at radius 3 is 2.79 bits per heavy atom. The molecule has 1 saturated heterocycles. The summed E-state index contributed by atoms with van der Waals surface area (Å²) < 4.78 is 11.6. The first-order valence-electron chi connectivity index (χ1n) is 10.8. The Morgan fingerprint density at radius 1 is 1.14 bits per heavy atom. The van der Waals surface area contributed by atoms with Crippen LogP contribution in [0, 0.1) is 6.92 Å². The Kier molecular flexibility index (Phi) is 6.05. The minimum Gasteiger partial charge on any atom is -0.490 e. The molecular formula is C24H31N2O3+. The standard InChI is InChI=1S/C24H30N2O3/c1-3-18-8-4-7-17(2)24(18)25-23(27)16-26-12-5-9-20(26)19-10-11-21-22(15-19)29-14-6-13-28-21/h4,7-8,10-11,15,20H,3,5-6,9,12-14,16H2,1-2H3,(H,25,27)/p+1/t20-/m1/s1. The van der Waals surface area contributed by atoms with Crippen LogP contribution in [-0.4, -0.2) is 32.2 Å². The van der Waals surface area contributed by atoms with E-state index in [2.05, 4.69) is 49.5 Å². The molecule has 2 aliphatic rings. The van der Waals surface area contributed by atoms with Gasteiger partial charge in [-0.15, -0.1) is 0 Å². The van der Waals surface area contributed by atoms with Crippen molar-refractivity contribution in [3.05, 3.63) is 53.1 Å². The quantitative estimate of drug-likeness (QED) is 0.818. The molecule has 0 aromatic heterocycles. The van der Waals surface area contributed by atoms with Crippen molar-refractivity contribution in [2.24, 2.45) is 0 Å². The van der Waals surface area contributed by atoms with E-state index in [0.29, 0.717) is 25.8 Å². The zero-order valence-electron chi connectivity index (χ0n) is 17.4. The van der Waals surface area contributed by atoms with Crippen molar-refractivity contribution < 1.29 is 19.2 Å². The zero-order chi connectivity index (χ0) is 20.2. The van der Waals surface area contributed by atoms with E-state index in [9.17, 15) is 4.79 Å². The van der Waals surface area contributed by atoms with Crippen LogP contribution in [0.25, 0.3) is 0 Å². The third kappa shape index (κ3) is 4.40. The second-order valence-electron chi connectivity index (χ2n) is 8.05. The van der Waals surface area contributed by atoms with Crippen molar-refractivity contribution in [1.29, 1.82) is 0 Å². The molecule has 4 rings (SSSR count). The number of carbonyl (C=O) groups is 1. The molecule has 154 valence electrons. The van der Waals surface area contributed by atoms with E-state index in [1.165, 1.54) is 16.0 Å². The fraction of sp³-hybridized carbons (Fsp3) is 0.458. The maximum Gasteiger partial charge on any atom is 0.279 e. The number of quaternary nitrogens is 1. The van der Waals surface area contributed by atoms with E-state index in [-0.39, 0.29) is 5.91 Å². The lowest BCUT2D eigenvalue weighted by atomic mass is 10.0. The average molecular weight is 396 g/mol. The van der Waals surface area contributed by atoms with Crippen LogP contribution in [0.3, 0.4) is 0 Å². The van der Waals surface area contributed by atoms with Gasteiger partial charge in [0.1, 0.15) is 6.04 Å². The van der Waals surface area contributed by atoms with Crippen LogP contribution in [0.15, 0.2) is 36.4 Å². The predicted octanol–water partition coefficient (Wildman–Crippen LogP) is 3.08. The van der Waals surface area contributed by atoms with E-state index in [4.69, 9.17) is 9.47 Å². The Bertz CT molecular complexity index is 880. The SMILES string of the molecule is CCc1cccc(C)c1NC(=O)C[NH+]1CCC[C@@H]1c1ccc2c(c1)OCCCO2. The van der Waals surface area contributed by atoms with Gasteiger partial charge in [-0.1, -0.05) is 25.1 Å². The number of fused-ring (bicyclic) bond motifs is 1. The number of carbonyl (C=O) groups excluding carboxylic acids is 1. The van der Waals surface area contributed by atoms with Crippen LogP contribution in [0.5, 0.6) is 11.5 Å². The van der Waals surface area contributed by atoms with Gasteiger partial charge in [0.25, 0.3) is 5.91 Å². The molecule has 0 spiro atoms. The first kappa shape index (κ1) is 19.8. The Balaban J connectivity index is 1.47. The Hall–Kier alpha value is -2.53. The van der Waals surface area contributed by atoms with Gasteiger partial charge in [-0.05, 0) is 42.7 Å². The molecular weight excluding hydrogens is 364 g/mol. The number of para-hydroxylation sites is 1. The monoisotopic (exact) mass is 395 g/mol. The smallest absolute Gasteiger partial charge is 0.279 e. The number of ether oxygens (including phenoxy) is 2. The van der Waals surface area contributed by atoms with Crippen molar-refractivity contribution >= 4 is 11.6 Å². The molecule has 2 N–H and O–H groups in total. The molecule has 2 aliphatic heterocycles. The van der Waals surface area contributed by atoms with Crippen LogP contribution in [-0.2, 0) is 11.2 Å². The zero-order valence-corrected chi connectivity index (χ0v) is 17.4. The summed E-state index contributed by atoms with van der Waals surface area (Å²) in [4.78, 5) is 14.2. The molecule has 1 unspecified atom stereocenters. The van der Waals surface area contributed by atoms with Gasteiger partial charge in [-0.3, -0.25) is 4.79 Å². The number of anilines is 1. The second-order valence-corrected chi connectivity index (χ2v) is 8.05. The summed E-state index contributed by atoms with van der Waals surface area (Å²) in [6.45, 7) is 7.06. The number of rotatable bonds is 5. The van der Waals surface area contributed by atoms with Crippen LogP contribution in [0.2, 0.25) is 0 Å². The lowest BCUT2D eigenvalue weighted by Gasteiger charge is -2.22. The molecule has 2 aromatic rings. The highest BCUT2D eigenvalue weighted by molar-refractivity contribution is 5.93. The van der Waals surface area contributed by atoms with Gasteiger partial charge < -0.3 is 19.7 Å². The first-order chi connectivity index (χ1) is 14.2. The topological polar surface area (TPSA) is 52.0 Å².